The number of hydrogen-bond donors (Lipinski definition) is 1. The third-order valence-corrected chi connectivity index (χ3v) is 5.84. The smallest absolute Gasteiger partial charge is 0.244 e. The molecule has 4 nitrogen and oxygen atoms in total. The first kappa shape index (κ1) is 13.0. The molecule has 1 heterocycles. The lowest BCUT2D eigenvalue weighted by Gasteiger charge is -2.17. The molecule has 0 aromatic heterocycles. The molecule has 0 bridgehead atoms. The number of aliphatic hydroxyl groups excluding tert-OH is 1. The normalized spacial score (nSPS) is 21.9. The second-order valence-corrected chi connectivity index (χ2v) is 6.89. The zero-order chi connectivity index (χ0) is 12.5. The van der Waals surface area contributed by atoms with Crippen LogP contribution >= 0.6 is 15.9 Å². The van der Waals surface area contributed by atoms with Gasteiger partial charge in [-0.15, -0.1) is 0 Å². The van der Waals surface area contributed by atoms with Gasteiger partial charge in [0.1, 0.15) is 0 Å². The lowest BCUT2D eigenvalue weighted by molar-refractivity contribution is 0.233. The van der Waals surface area contributed by atoms with E-state index in [1.54, 1.807) is 24.3 Å². The molecule has 1 atom stereocenters. The van der Waals surface area contributed by atoms with Crippen LogP contribution in [0.3, 0.4) is 0 Å². The predicted octanol–water partition coefficient (Wildman–Crippen LogP) is 1.45. The van der Waals surface area contributed by atoms with Crippen molar-refractivity contribution >= 4 is 26.0 Å². The van der Waals surface area contributed by atoms with Gasteiger partial charge in [0.05, 0.1) is 4.90 Å². The SMILES string of the molecule is O=S(=O)(c1ccccc1Br)N1CC[C@H](CO)C1. The fourth-order valence-corrected chi connectivity index (χ4v) is 4.45. The summed E-state index contributed by atoms with van der Waals surface area (Å²) in [6, 6.07) is 6.79. The summed E-state index contributed by atoms with van der Waals surface area (Å²) in [5.41, 5.74) is 0. The highest BCUT2D eigenvalue weighted by Crippen LogP contribution is 2.28. The predicted molar refractivity (Wildman–Crippen MR) is 68.1 cm³/mol. The van der Waals surface area contributed by atoms with Crippen molar-refractivity contribution in [1.29, 1.82) is 0 Å². The lowest BCUT2D eigenvalue weighted by Crippen LogP contribution is -2.29. The van der Waals surface area contributed by atoms with Gasteiger partial charge in [-0.2, -0.15) is 4.31 Å². The largest absolute Gasteiger partial charge is 0.396 e. The van der Waals surface area contributed by atoms with Crippen molar-refractivity contribution in [3.63, 3.8) is 0 Å². The molecule has 6 heteroatoms. The van der Waals surface area contributed by atoms with Crippen molar-refractivity contribution in [2.75, 3.05) is 19.7 Å². The summed E-state index contributed by atoms with van der Waals surface area (Å²) in [4.78, 5) is 0.290. The maximum Gasteiger partial charge on any atom is 0.244 e. The highest BCUT2D eigenvalue weighted by Gasteiger charge is 2.32. The molecule has 94 valence electrons. The molecule has 1 aliphatic heterocycles. The van der Waals surface area contributed by atoms with Gasteiger partial charge in [0.25, 0.3) is 0 Å². The number of hydrogen-bond acceptors (Lipinski definition) is 3. The number of nitrogens with zero attached hydrogens (tertiary/aromatic N) is 1. The Morgan fingerprint density at radius 2 is 2.12 bits per heavy atom. The molecule has 0 amide bonds. The first-order valence-corrected chi connectivity index (χ1v) is 7.64. The molecule has 1 aromatic rings. The van der Waals surface area contributed by atoms with Crippen LogP contribution in [-0.2, 0) is 10.0 Å². The Hall–Kier alpha value is -0.430. The first-order valence-electron chi connectivity index (χ1n) is 5.41. The molecule has 1 aliphatic rings. The summed E-state index contributed by atoms with van der Waals surface area (Å²) < 4.78 is 26.7. The quantitative estimate of drug-likeness (QED) is 0.917. The molecular formula is C11H14BrNO3S. The number of sulfonamides is 1. The van der Waals surface area contributed by atoms with Crippen molar-refractivity contribution in [3.8, 4) is 0 Å². The van der Waals surface area contributed by atoms with Crippen LogP contribution in [0.15, 0.2) is 33.6 Å². The minimum absolute atomic E-state index is 0.0436. The second-order valence-electron chi connectivity index (χ2n) is 4.13. The molecule has 1 aromatic carbocycles. The third kappa shape index (κ3) is 2.54. The fourth-order valence-electron chi connectivity index (χ4n) is 1.96. The van der Waals surface area contributed by atoms with Gasteiger partial charge in [0.15, 0.2) is 0 Å². The van der Waals surface area contributed by atoms with Crippen molar-refractivity contribution < 1.29 is 13.5 Å². The van der Waals surface area contributed by atoms with Gasteiger partial charge >= 0.3 is 0 Å². The summed E-state index contributed by atoms with van der Waals surface area (Å²) in [7, 11) is -3.44. The Balaban J connectivity index is 2.29. The van der Waals surface area contributed by atoms with Crippen molar-refractivity contribution in [2.45, 2.75) is 11.3 Å². The summed E-state index contributed by atoms with van der Waals surface area (Å²) in [5.74, 6) is 0.0623. The summed E-state index contributed by atoms with van der Waals surface area (Å²) in [6.45, 7) is 0.928. The van der Waals surface area contributed by atoms with Gasteiger partial charge in [-0.05, 0) is 40.4 Å². The monoisotopic (exact) mass is 319 g/mol. The minimum atomic E-state index is -3.44. The van der Waals surface area contributed by atoms with Gasteiger partial charge in [-0.1, -0.05) is 12.1 Å². The van der Waals surface area contributed by atoms with E-state index in [9.17, 15) is 8.42 Å². The Kier molecular flexibility index (Phi) is 3.87. The average Bonchev–Trinajstić information content (AvgIpc) is 2.78. The average molecular weight is 320 g/mol. The van der Waals surface area contributed by atoms with E-state index >= 15 is 0 Å². The van der Waals surface area contributed by atoms with Crippen molar-refractivity contribution in [1.82, 2.24) is 4.31 Å². The van der Waals surface area contributed by atoms with Crippen LogP contribution < -0.4 is 0 Å². The van der Waals surface area contributed by atoms with E-state index in [0.717, 1.165) is 6.42 Å². The second kappa shape index (κ2) is 5.06. The van der Waals surface area contributed by atoms with Crippen molar-refractivity contribution in [3.05, 3.63) is 28.7 Å². The topological polar surface area (TPSA) is 57.6 Å². The highest BCUT2D eigenvalue weighted by atomic mass is 79.9. The maximum atomic E-state index is 12.3. The van der Waals surface area contributed by atoms with Gasteiger partial charge in [0, 0.05) is 24.2 Å². The summed E-state index contributed by atoms with van der Waals surface area (Å²) >= 11 is 3.26. The molecule has 0 unspecified atom stereocenters. The number of aliphatic hydroxyl groups is 1. The standard InChI is InChI=1S/C11H14BrNO3S/c12-10-3-1-2-4-11(10)17(15,16)13-6-5-9(7-13)8-14/h1-4,9,14H,5-8H2/t9-/m0/s1. The molecule has 0 spiro atoms. The first-order chi connectivity index (χ1) is 8.05. The zero-order valence-corrected chi connectivity index (χ0v) is 11.6. The molecule has 0 saturated carbocycles. The molecule has 0 aliphatic carbocycles. The Morgan fingerprint density at radius 3 is 2.71 bits per heavy atom. The van der Waals surface area contributed by atoms with Gasteiger partial charge in [0.2, 0.25) is 10.0 Å². The molecule has 1 N–H and O–H groups in total. The number of benzene rings is 1. The third-order valence-electron chi connectivity index (χ3n) is 2.96. The molecule has 17 heavy (non-hydrogen) atoms. The molecular weight excluding hydrogens is 306 g/mol. The number of rotatable bonds is 3. The van der Waals surface area contributed by atoms with E-state index in [-0.39, 0.29) is 12.5 Å². The van der Waals surface area contributed by atoms with E-state index < -0.39 is 10.0 Å². The molecule has 1 saturated heterocycles. The van der Waals surface area contributed by atoms with Crippen LogP contribution in [0.2, 0.25) is 0 Å². The van der Waals surface area contributed by atoms with E-state index in [2.05, 4.69) is 15.9 Å². The Bertz CT molecular complexity index is 503. The molecule has 0 radical (unpaired) electrons. The van der Waals surface area contributed by atoms with Gasteiger partial charge in [-0.25, -0.2) is 8.42 Å². The van der Waals surface area contributed by atoms with E-state index in [0.29, 0.717) is 22.5 Å². The highest BCUT2D eigenvalue weighted by molar-refractivity contribution is 9.10. The van der Waals surface area contributed by atoms with Crippen LogP contribution in [0.1, 0.15) is 6.42 Å². The van der Waals surface area contributed by atoms with Crippen LogP contribution in [0.25, 0.3) is 0 Å². The molecule has 1 fully saturated rings. The van der Waals surface area contributed by atoms with Gasteiger partial charge < -0.3 is 5.11 Å². The van der Waals surface area contributed by atoms with Crippen LogP contribution in [-0.4, -0.2) is 37.5 Å². The zero-order valence-electron chi connectivity index (χ0n) is 9.21. The maximum absolute atomic E-state index is 12.3. The summed E-state index contributed by atoms with van der Waals surface area (Å²) in [6.07, 6.45) is 0.722. The Morgan fingerprint density at radius 1 is 1.41 bits per heavy atom. The Labute approximate surface area is 109 Å². The van der Waals surface area contributed by atoms with Crippen LogP contribution in [0, 0.1) is 5.92 Å². The summed E-state index contributed by atoms with van der Waals surface area (Å²) in [5, 5.41) is 9.04. The van der Waals surface area contributed by atoms with E-state index in [1.807, 2.05) is 0 Å². The number of halogens is 1. The van der Waals surface area contributed by atoms with Crippen LogP contribution in [0.5, 0.6) is 0 Å². The van der Waals surface area contributed by atoms with Crippen molar-refractivity contribution in [2.24, 2.45) is 5.92 Å². The lowest BCUT2D eigenvalue weighted by atomic mass is 10.1. The molecule has 2 rings (SSSR count). The fraction of sp³-hybridized carbons (Fsp3) is 0.455. The van der Waals surface area contributed by atoms with Crippen LogP contribution in [0.4, 0.5) is 0 Å². The van der Waals surface area contributed by atoms with E-state index in [4.69, 9.17) is 5.11 Å². The minimum Gasteiger partial charge on any atom is -0.396 e. The van der Waals surface area contributed by atoms with E-state index in [1.165, 1.54) is 4.31 Å². The van der Waals surface area contributed by atoms with Gasteiger partial charge in [-0.3, -0.25) is 0 Å².